The fraction of sp³-hybridized carbons (Fsp3) is 0.118. The van der Waals surface area contributed by atoms with Gasteiger partial charge in [-0.05, 0) is 115 Å². The highest BCUT2D eigenvalue weighted by atomic mass is 32.2. The van der Waals surface area contributed by atoms with Crippen LogP contribution in [0.3, 0.4) is 0 Å². The monoisotopic (exact) mass is 952 g/mol. The van der Waals surface area contributed by atoms with Gasteiger partial charge in [-0.1, -0.05) is 234 Å². The average Bonchev–Trinajstić information content (AvgIpc) is 1.41. The lowest BCUT2D eigenvalue weighted by atomic mass is 9.34. The van der Waals surface area contributed by atoms with Crippen LogP contribution >= 0.6 is 11.8 Å². The van der Waals surface area contributed by atoms with Crippen molar-refractivity contribution in [2.45, 2.75) is 62.2 Å². The number of anilines is 3. The Morgan fingerprint density at radius 2 is 0.958 bits per heavy atom. The van der Waals surface area contributed by atoms with E-state index in [1.165, 1.54) is 11.1 Å². The van der Waals surface area contributed by atoms with Crippen LogP contribution in [0, 0.1) is 0 Å². The predicted molar refractivity (Wildman–Crippen MR) is 310 cm³/mol. The minimum atomic E-state index is -0.582. The number of aromatic nitrogens is 1. The molecule has 1 aromatic heterocycles. The van der Waals surface area contributed by atoms with Crippen molar-refractivity contribution in [3.8, 4) is 50.2 Å². The zero-order valence-corrected chi connectivity index (χ0v) is 41.8. The highest BCUT2D eigenvalue weighted by molar-refractivity contribution is 8.00. The van der Waals surface area contributed by atoms with Crippen molar-refractivity contribution >= 4 is 73.7 Å². The van der Waals surface area contributed by atoms with Gasteiger partial charge in [-0.3, -0.25) is 0 Å². The molecule has 72 heavy (non-hydrogen) atoms. The van der Waals surface area contributed by atoms with Crippen LogP contribution in [0.25, 0.3) is 72.0 Å². The van der Waals surface area contributed by atoms with E-state index < -0.39 is 43.0 Å². The Bertz CT molecular complexity index is 4340. The fourth-order valence-corrected chi connectivity index (χ4v) is 12.1. The number of fused-ring (bicyclic) bond motifs is 7. The molecule has 346 valence electrons. The highest BCUT2D eigenvalue weighted by Crippen LogP contribution is 2.51. The minimum absolute atomic E-state index is 0.0743. The smallest absolute Gasteiger partial charge is 0.249 e. The van der Waals surface area contributed by atoms with Crippen LogP contribution in [-0.4, -0.2) is 11.3 Å². The van der Waals surface area contributed by atoms with Crippen molar-refractivity contribution in [1.82, 2.24) is 4.57 Å². The molecule has 0 atom stereocenters. The maximum Gasteiger partial charge on any atom is 0.249 e. The Labute approximate surface area is 442 Å². The molecule has 2 aliphatic heterocycles. The molecule has 3 heterocycles. The number of hydrogen-bond donors (Lipinski definition) is 0. The first-order chi connectivity index (χ1) is 39.1. The molecular weight excluding hydrogens is 888 g/mol. The molecule has 0 saturated heterocycles. The van der Waals surface area contributed by atoms with E-state index in [4.69, 9.17) is 11.0 Å². The normalized spacial score (nSPS) is 15.0. The second kappa shape index (κ2) is 16.9. The summed E-state index contributed by atoms with van der Waals surface area (Å²) in [6, 6.07) is 53.1. The summed E-state index contributed by atoms with van der Waals surface area (Å²) < 4.78 is 91.1. The van der Waals surface area contributed by atoms with E-state index in [2.05, 4.69) is 142 Å². The van der Waals surface area contributed by atoms with Crippen LogP contribution in [0.4, 0.5) is 17.1 Å². The first-order valence-electron chi connectivity index (χ1n) is 29.5. The van der Waals surface area contributed by atoms with Crippen LogP contribution < -0.4 is 21.3 Å². The molecule has 0 aliphatic carbocycles. The molecule has 0 bridgehead atoms. The van der Waals surface area contributed by atoms with Gasteiger partial charge < -0.3 is 9.47 Å². The van der Waals surface area contributed by atoms with E-state index in [-0.39, 0.29) is 46.1 Å². The quantitative estimate of drug-likeness (QED) is 0.154. The lowest BCUT2D eigenvalue weighted by Gasteiger charge is -2.42. The molecular formula is C68H55BN2S. The van der Waals surface area contributed by atoms with Crippen molar-refractivity contribution < 1.29 is 13.7 Å². The molecule has 0 saturated carbocycles. The van der Waals surface area contributed by atoms with Crippen molar-refractivity contribution in [2.75, 3.05) is 4.90 Å². The van der Waals surface area contributed by atoms with Gasteiger partial charge in [-0.2, -0.15) is 0 Å². The van der Waals surface area contributed by atoms with Crippen LogP contribution in [-0.2, 0) is 10.8 Å². The van der Waals surface area contributed by atoms with Crippen LogP contribution in [0.5, 0.6) is 0 Å². The second-order valence-corrected chi connectivity index (χ2v) is 22.1. The van der Waals surface area contributed by atoms with Crippen molar-refractivity contribution in [3.05, 3.63) is 235 Å². The third-order valence-electron chi connectivity index (χ3n) is 14.5. The molecule has 0 radical (unpaired) electrons. The maximum atomic E-state index is 9.24. The average molecular weight is 953 g/mol. The first kappa shape index (κ1) is 34.5. The summed E-state index contributed by atoms with van der Waals surface area (Å²) in [5, 5.41) is 2.30. The Morgan fingerprint density at radius 1 is 0.431 bits per heavy atom. The summed E-state index contributed by atoms with van der Waals surface area (Å²) >= 11 is 1.62. The molecule has 4 heteroatoms. The molecule has 11 aromatic rings. The lowest BCUT2D eigenvalue weighted by Crippen LogP contribution is -2.60. The molecule has 0 amide bonds. The van der Waals surface area contributed by atoms with Gasteiger partial charge >= 0.3 is 0 Å². The topological polar surface area (TPSA) is 8.17 Å². The number of hydrogen-bond acceptors (Lipinski definition) is 2. The zero-order chi connectivity index (χ0) is 57.6. The third kappa shape index (κ3) is 7.34. The number of benzene rings is 10. The predicted octanol–water partition coefficient (Wildman–Crippen LogP) is 16.8. The van der Waals surface area contributed by atoms with Gasteiger partial charge in [0.05, 0.1) is 30.4 Å². The molecule has 0 N–H and O–H groups in total. The van der Waals surface area contributed by atoms with Crippen LogP contribution in [0.15, 0.2) is 234 Å². The Hall–Kier alpha value is -7.79. The molecule has 0 fully saturated rings. The number of para-hydroxylation sites is 1. The van der Waals surface area contributed by atoms with E-state index in [9.17, 15) is 2.74 Å². The van der Waals surface area contributed by atoms with E-state index in [0.717, 1.165) is 93.0 Å². The minimum Gasteiger partial charge on any atom is -0.310 e. The summed E-state index contributed by atoms with van der Waals surface area (Å²) in [6.45, 7) is 12.9. The zero-order valence-electron chi connectivity index (χ0n) is 51.0. The summed E-state index contributed by atoms with van der Waals surface area (Å²) in [5.74, 6) is 0. The summed E-state index contributed by atoms with van der Waals surface area (Å²) in [4.78, 5) is 4.22. The maximum absolute atomic E-state index is 9.24. The van der Waals surface area contributed by atoms with E-state index >= 15 is 0 Å². The van der Waals surface area contributed by atoms with Crippen molar-refractivity contribution in [3.63, 3.8) is 0 Å². The molecule has 2 nitrogen and oxygen atoms in total. The van der Waals surface area contributed by atoms with Gasteiger partial charge in [0.2, 0.25) is 6.71 Å². The Kier molecular flexibility index (Phi) is 8.12. The van der Waals surface area contributed by atoms with Gasteiger partial charge in [-0.15, -0.1) is 0 Å². The second-order valence-electron chi connectivity index (χ2n) is 21.0. The van der Waals surface area contributed by atoms with E-state index in [1.807, 2.05) is 72.8 Å². The van der Waals surface area contributed by atoms with Gasteiger partial charge in [0, 0.05) is 48.8 Å². The van der Waals surface area contributed by atoms with Gasteiger partial charge in [0.15, 0.2) is 0 Å². The lowest BCUT2D eigenvalue weighted by molar-refractivity contribution is 0.590. The molecule has 10 aromatic carbocycles. The van der Waals surface area contributed by atoms with Crippen LogP contribution in [0.1, 0.15) is 66.4 Å². The number of rotatable bonds is 6. The van der Waals surface area contributed by atoms with Gasteiger partial charge in [0.1, 0.15) is 0 Å². The summed E-state index contributed by atoms with van der Waals surface area (Å²) in [6.07, 6.45) is 0. The molecule has 13 rings (SSSR count). The fourth-order valence-electron chi connectivity index (χ4n) is 10.9. The van der Waals surface area contributed by atoms with E-state index in [0.29, 0.717) is 11.1 Å². The van der Waals surface area contributed by atoms with Crippen molar-refractivity contribution in [2.24, 2.45) is 0 Å². The summed E-state index contributed by atoms with van der Waals surface area (Å²) in [5.41, 5.74) is 15.4. The molecule has 0 unspecified atom stereocenters. The highest BCUT2D eigenvalue weighted by Gasteiger charge is 2.43. The standard InChI is InChI=1S/C68H55BN2S/c1-67(2,3)50-32-35-59-55(40-50)56-41-51(68(4,5)6)33-36-60(56)70(59)52-42-62-65-64(43-52)72-63-37-31-49(45-22-13-8-14-23-45)39-58(63)69(65)57-38-48(44-20-11-7-12-21-44)30-34-61(57)71(62)66-53(46-24-15-9-16-25-46)28-19-29-54(66)47-26-17-10-18-27-47/h7-43H,1-6H3/i7D,8D,11D,12D,13D,14D,20D,21D,22D,23D. The molecule has 0 spiro atoms. The van der Waals surface area contributed by atoms with Gasteiger partial charge in [0.25, 0.3) is 0 Å². The largest absolute Gasteiger partial charge is 0.310 e. The molecule has 2 aliphatic rings. The van der Waals surface area contributed by atoms with Crippen molar-refractivity contribution in [1.29, 1.82) is 0 Å². The van der Waals surface area contributed by atoms with Gasteiger partial charge in [-0.25, -0.2) is 0 Å². The van der Waals surface area contributed by atoms with Crippen LogP contribution in [0.2, 0.25) is 0 Å². The Morgan fingerprint density at radius 3 is 1.50 bits per heavy atom. The number of nitrogens with zero attached hydrogens (tertiary/aromatic N) is 2. The summed E-state index contributed by atoms with van der Waals surface area (Å²) in [7, 11) is 0. The third-order valence-corrected chi connectivity index (χ3v) is 15.7. The Balaban J connectivity index is 1.19. The SMILES string of the molecule is [2H]c1c([2H])c([2H])c(-c2ccc3c(c2)B2c4cc(-c5c([2H])c([2H])c([2H])c([2H])c5[2H])ccc4N(c4c(-c5ccccc5)cccc4-c4ccccc4)c4cc(-n5c6ccc(C(C)(C)C)cc6c6cc(C(C)(C)C)ccc65)cc(c42)S3)c([2H])c1[2H]. The first-order valence-corrected chi connectivity index (χ1v) is 25.4. The van der Waals surface area contributed by atoms with E-state index in [1.54, 1.807) is 11.8 Å².